The molecule has 0 spiro atoms. The van der Waals surface area contributed by atoms with Gasteiger partial charge < -0.3 is 15.2 Å². The van der Waals surface area contributed by atoms with Crippen molar-refractivity contribution < 1.29 is 23.0 Å². The zero-order valence-corrected chi connectivity index (χ0v) is 16.7. The fraction of sp³-hybridized carbons (Fsp3) is 0.286. The van der Waals surface area contributed by atoms with Gasteiger partial charge in [0.25, 0.3) is 0 Å². The van der Waals surface area contributed by atoms with Crippen LogP contribution in [-0.4, -0.2) is 26.2 Å². The highest BCUT2D eigenvalue weighted by Gasteiger charge is 2.30. The first-order chi connectivity index (χ1) is 14.0. The molecule has 0 amide bonds. The van der Waals surface area contributed by atoms with E-state index in [1.807, 2.05) is 0 Å². The lowest BCUT2D eigenvalue weighted by molar-refractivity contribution is -0.128. The number of ether oxygens (including phenoxy) is 1. The van der Waals surface area contributed by atoms with E-state index in [-0.39, 0.29) is 11.4 Å². The minimum Gasteiger partial charge on any atom is -0.455 e. The predicted octanol–water partition coefficient (Wildman–Crippen LogP) is 5.05. The second kappa shape index (κ2) is 8.27. The molecule has 0 radical (unpaired) electrons. The highest BCUT2D eigenvalue weighted by molar-refractivity contribution is 5.56. The van der Waals surface area contributed by atoms with E-state index in [0.29, 0.717) is 28.6 Å². The van der Waals surface area contributed by atoms with E-state index in [1.54, 1.807) is 51.2 Å². The van der Waals surface area contributed by atoms with Crippen LogP contribution < -0.4 is 10.1 Å². The van der Waals surface area contributed by atoms with Crippen LogP contribution in [0.25, 0.3) is 0 Å². The van der Waals surface area contributed by atoms with Crippen molar-refractivity contribution in [2.45, 2.75) is 39.0 Å². The Morgan fingerprint density at radius 3 is 2.47 bits per heavy atom. The molecule has 3 aromatic rings. The number of hydrogen-bond acceptors (Lipinski definition) is 6. The summed E-state index contributed by atoms with van der Waals surface area (Å²) in [4.78, 5) is 12.4. The summed E-state index contributed by atoms with van der Waals surface area (Å²) in [5, 5.41) is 13.0. The average Bonchev–Trinajstić information content (AvgIpc) is 2.63. The van der Waals surface area contributed by atoms with Gasteiger partial charge in [-0.25, -0.2) is 4.98 Å². The first kappa shape index (κ1) is 21.5. The molecule has 3 heterocycles. The molecule has 0 aliphatic heterocycles. The van der Waals surface area contributed by atoms with Crippen molar-refractivity contribution in [3.05, 3.63) is 65.9 Å². The molecule has 30 heavy (non-hydrogen) atoms. The number of nitrogens with zero attached hydrogens (tertiary/aromatic N) is 3. The van der Waals surface area contributed by atoms with Crippen LogP contribution in [0.4, 0.5) is 24.7 Å². The van der Waals surface area contributed by atoms with E-state index in [2.05, 4.69) is 20.3 Å². The van der Waals surface area contributed by atoms with Crippen LogP contribution in [0.2, 0.25) is 0 Å². The van der Waals surface area contributed by atoms with Gasteiger partial charge in [-0.15, -0.1) is 0 Å². The summed E-state index contributed by atoms with van der Waals surface area (Å²) in [6, 6.07) is 9.58. The van der Waals surface area contributed by atoms with Crippen LogP contribution in [0.15, 0.2) is 48.8 Å². The van der Waals surface area contributed by atoms with Crippen LogP contribution in [0.1, 0.15) is 30.9 Å². The molecule has 158 valence electrons. The summed E-state index contributed by atoms with van der Waals surface area (Å²) in [6.45, 7) is 4.89. The van der Waals surface area contributed by atoms with Crippen LogP contribution in [0.3, 0.4) is 0 Å². The summed E-state index contributed by atoms with van der Waals surface area (Å²) < 4.78 is 44.3. The van der Waals surface area contributed by atoms with E-state index in [9.17, 15) is 18.3 Å². The van der Waals surface area contributed by atoms with Gasteiger partial charge in [-0.05, 0) is 51.1 Å². The van der Waals surface area contributed by atoms with Crippen LogP contribution in [-0.2, 0) is 12.0 Å². The molecule has 0 aromatic carbocycles. The molecule has 0 saturated heterocycles. The average molecular weight is 418 g/mol. The number of pyridine rings is 3. The van der Waals surface area contributed by atoms with Gasteiger partial charge in [-0.1, -0.05) is 0 Å². The summed E-state index contributed by atoms with van der Waals surface area (Å²) >= 11 is 0. The fourth-order valence-electron chi connectivity index (χ4n) is 2.65. The van der Waals surface area contributed by atoms with Gasteiger partial charge in [0.15, 0.2) is 0 Å². The normalized spacial score (nSPS) is 12.0. The molecule has 0 aliphatic rings. The predicted molar refractivity (Wildman–Crippen MR) is 106 cm³/mol. The van der Waals surface area contributed by atoms with Crippen molar-refractivity contribution in [3.8, 4) is 11.5 Å². The van der Waals surface area contributed by atoms with E-state index in [1.165, 1.54) is 18.3 Å². The molecule has 0 aliphatic carbocycles. The number of alkyl halides is 3. The maximum Gasteiger partial charge on any atom is 0.394 e. The largest absolute Gasteiger partial charge is 0.455 e. The number of nitrogens with one attached hydrogen (secondary N) is 1. The molecular weight excluding hydrogens is 397 g/mol. The van der Waals surface area contributed by atoms with Crippen molar-refractivity contribution in [1.29, 1.82) is 0 Å². The van der Waals surface area contributed by atoms with Crippen molar-refractivity contribution in [2.24, 2.45) is 0 Å². The molecule has 0 bridgehead atoms. The van der Waals surface area contributed by atoms with Crippen LogP contribution in [0.5, 0.6) is 11.5 Å². The zero-order chi connectivity index (χ0) is 21.9. The number of hydrogen-bond donors (Lipinski definition) is 2. The molecule has 3 rings (SSSR count). The summed E-state index contributed by atoms with van der Waals surface area (Å²) in [5.41, 5.74) is 0.381. The molecule has 0 unspecified atom stereocenters. The Labute approximate surface area is 171 Å². The van der Waals surface area contributed by atoms with Gasteiger partial charge in [0.05, 0.1) is 29.7 Å². The first-order valence-corrected chi connectivity index (χ1v) is 9.13. The molecule has 2 N–H and O–H groups in total. The van der Waals surface area contributed by atoms with E-state index >= 15 is 0 Å². The second-order valence-corrected chi connectivity index (χ2v) is 7.28. The van der Waals surface area contributed by atoms with Crippen LogP contribution >= 0.6 is 0 Å². The Morgan fingerprint density at radius 1 is 1.07 bits per heavy atom. The van der Waals surface area contributed by atoms with E-state index in [4.69, 9.17) is 4.74 Å². The Bertz CT molecular complexity index is 1020. The van der Waals surface area contributed by atoms with E-state index < -0.39 is 18.2 Å². The Kier molecular flexibility index (Phi) is 5.93. The van der Waals surface area contributed by atoms with Gasteiger partial charge in [0.2, 0.25) is 0 Å². The third-order valence-corrected chi connectivity index (χ3v) is 4.06. The van der Waals surface area contributed by atoms with Gasteiger partial charge in [-0.2, -0.15) is 13.2 Å². The minimum absolute atomic E-state index is 0.0336. The summed E-state index contributed by atoms with van der Waals surface area (Å²) in [7, 11) is 0. The topological polar surface area (TPSA) is 80.2 Å². The molecule has 0 atom stereocenters. The molecule has 9 heteroatoms. The highest BCUT2D eigenvalue weighted by atomic mass is 19.4. The van der Waals surface area contributed by atoms with Gasteiger partial charge in [-0.3, -0.25) is 9.97 Å². The number of aliphatic hydroxyl groups is 1. The number of aromatic nitrogens is 3. The van der Waals surface area contributed by atoms with Crippen molar-refractivity contribution in [1.82, 2.24) is 15.0 Å². The van der Waals surface area contributed by atoms with Crippen molar-refractivity contribution in [3.63, 3.8) is 0 Å². The zero-order valence-electron chi connectivity index (χ0n) is 16.7. The molecule has 3 aromatic heterocycles. The Morgan fingerprint density at radius 2 is 1.83 bits per heavy atom. The maximum absolute atomic E-state index is 12.9. The lowest BCUT2D eigenvalue weighted by Gasteiger charge is -2.16. The standard InChI is InChI=1S/C21H21F3N4O2/c1-13-4-6-17(16(27-13)11-21(22,23)24)30-15-8-9-25-19(10-15)28-14-5-7-18(26-12-14)20(2,3)29/h4-10,12,29H,11H2,1-3H3,(H,25,28). The molecule has 0 fully saturated rings. The fourth-order valence-corrected chi connectivity index (χ4v) is 2.65. The molecule has 6 nitrogen and oxygen atoms in total. The van der Waals surface area contributed by atoms with Crippen molar-refractivity contribution in [2.75, 3.05) is 5.32 Å². The number of halogens is 3. The van der Waals surface area contributed by atoms with Gasteiger partial charge >= 0.3 is 6.18 Å². The molecular formula is C21H21F3N4O2. The Hall–Kier alpha value is -3.20. The maximum atomic E-state index is 12.9. The number of rotatable bonds is 6. The lowest BCUT2D eigenvalue weighted by atomic mass is 10.1. The van der Waals surface area contributed by atoms with Gasteiger partial charge in [0.1, 0.15) is 22.9 Å². The second-order valence-electron chi connectivity index (χ2n) is 7.28. The lowest BCUT2D eigenvalue weighted by Crippen LogP contribution is -2.17. The Balaban J connectivity index is 1.78. The minimum atomic E-state index is -4.40. The SMILES string of the molecule is Cc1ccc(Oc2ccnc(Nc3ccc(C(C)(C)O)nc3)c2)c(CC(F)(F)F)n1. The third-order valence-electron chi connectivity index (χ3n) is 4.06. The van der Waals surface area contributed by atoms with Gasteiger partial charge in [0, 0.05) is 18.0 Å². The monoisotopic (exact) mass is 418 g/mol. The molecule has 0 saturated carbocycles. The summed E-state index contributed by atoms with van der Waals surface area (Å²) in [6.07, 6.45) is -2.55. The van der Waals surface area contributed by atoms with Crippen molar-refractivity contribution >= 4 is 11.5 Å². The third kappa shape index (κ3) is 5.90. The summed E-state index contributed by atoms with van der Waals surface area (Å²) in [5.74, 6) is 0.761. The van der Waals surface area contributed by atoms with E-state index in [0.717, 1.165) is 0 Å². The smallest absolute Gasteiger partial charge is 0.394 e. The first-order valence-electron chi connectivity index (χ1n) is 9.13. The number of aryl methyl sites for hydroxylation is 1. The van der Waals surface area contributed by atoms with Crippen LogP contribution in [0, 0.1) is 6.92 Å². The quantitative estimate of drug-likeness (QED) is 0.583. The number of anilines is 2. The highest BCUT2D eigenvalue weighted by Crippen LogP contribution is 2.31.